The summed E-state index contributed by atoms with van der Waals surface area (Å²) in [5, 5.41) is 3.99. The third-order valence-corrected chi connectivity index (χ3v) is 4.57. The Morgan fingerprint density at radius 3 is 2.73 bits per heavy atom. The summed E-state index contributed by atoms with van der Waals surface area (Å²) in [5.74, 6) is 2.26. The number of hydrogen-bond donors (Lipinski definition) is 0. The highest BCUT2D eigenvalue weighted by atomic mass is 16.5. The summed E-state index contributed by atoms with van der Waals surface area (Å²) in [5.41, 5.74) is 0. The topological polar surface area (TPSA) is 77.7 Å². The van der Waals surface area contributed by atoms with Crippen molar-refractivity contribution in [3.8, 4) is 5.75 Å². The van der Waals surface area contributed by atoms with Crippen molar-refractivity contribution in [3.05, 3.63) is 42.0 Å². The Hall–Kier alpha value is -2.41. The number of rotatable bonds is 7. The molecule has 0 bridgehead atoms. The molecule has 1 aliphatic heterocycles. The van der Waals surface area contributed by atoms with Crippen LogP contribution in [0.25, 0.3) is 0 Å². The third-order valence-electron chi connectivity index (χ3n) is 4.57. The number of hydrogen-bond acceptors (Lipinski definition) is 6. The fraction of sp³-hybridized carbons (Fsp3) is 0.526. The predicted molar refractivity (Wildman–Crippen MR) is 95.0 cm³/mol. The number of methoxy groups -OCH3 is 1. The molecule has 1 saturated heterocycles. The van der Waals surface area contributed by atoms with Gasteiger partial charge >= 0.3 is 0 Å². The molecule has 7 nitrogen and oxygen atoms in total. The molecule has 0 N–H and O–H groups in total. The molecule has 1 aliphatic rings. The lowest BCUT2D eigenvalue weighted by molar-refractivity contribution is -0.139. The molecule has 7 heteroatoms. The molecule has 1 aromatic carbocycles. The molecule has 0 unspecified atom stereocenters. The van der Waals surface area contributed by atoms with E-state index in [1.165, 1.54) is 0 Å². The van der Waals surface area contributed by atoms with E-state index in [1.54, 1.807) is 14.0 Å². The van der Waals surface area contributed by atoms with Gasteiger partial charge in [-0.05, 0) is 31.9 Å². The number of ether oxygens (including phenoxy) is 2. The first kappa shape index (κ1) is 18.4. The van der Waals surface area contributed by atoms with E-state index in [9.17, 15) is 4.79 Å². The number of para-hydroxylation sites is 1. The number of carbonyl (C=O) groups is 1. The van der Waals surface area contributed by atoms with Gasteiger partial charge < -0.3 is 18.9 Å². The van der Waals surface area contributed by atoms with Crippen LogP contribution in [-0.4, -0.2) is 53.9 Å². The van der Waals surface area contributed by atoms with Gasteiger partial charge in [0.15, 0.2) is 11.9 Å². The molecule has 1 aromatic heterocycles. The number of nitrogens with zero attached hydrogens (tertiary/aromatic N) is 3. The highest BCUT2D eigenvalue weighted by Gasteiger charge is 2.30. The van der Waals surface area contributed by atoms with Crippen molar-refractivity contribution in [2.45, 2.75) is 38.2 Å². The van der Waals surface area contributed by atoms with Crippen LogP contribution in [0.4, 0.5) is 0 Å². The average Bonchev–Trinajstić information content (AvgIpc) is 3.15. The van der Waals surface area contributed by atoms with Gasteiger partial charge in [0.25, 0.3) is 5.91 Å². The molecule has 2 heterocycles. The second-order valence-electron chi connectivity index (χ2n) is 6.46. The van der Waals surface area contributed by atoms with Crippen LogP contribution in [0.5, 0.6) is 5.75 Å². The van der Waals surface area contributed by atoms with Gasteiger partial charge in [0.05, 0.1) is 6.61 Å². The van der Waals surface area contributed by atoms with Crippen LogP contribution < -0.4 is 4.74 Å². The normalized spacial score (nSPS) is 16.5. The Labute approximate surface area is 153 Å². The Morgan fingerprint density at radius 2 is 2.04 bits per heavy atom. The van der Waals surface area contributed by atoms with Gasteiger partial charge in [-0.25, -0.2) is 0 Å². The van der Waals surface area contributed by atoms with Crippen LogP contribution in [0.15, 0.2) is 34.9 Å². The Balaban J connectivity index is 1.49. The number of piperidine rings is 1. The van der Waals surface area contributed by atoms with Crippen molar-refractivity contribution in [1.29, 1.82) is 0 Å². The molecular weight excluding hydrogens is 334 g/mol. The van der Waals surface area contributed by atoms with Gasteiger partial charge in [-0.15, -0.1) is 0 Å². The first-order chi connectivity index (χ1) is 12.7. The van der Waals surface area contributed by atoms with Gasteiger partial charge in [-0.3, -0.25) is 4.79 Å². The maximum Gasteiger partial charge on any atom is 0.263 e. The van der Waals surface area contributed by atoms with Gasteiger partial charge in [0.1, 0.15) is 5.75 Å². The summed E-state index contributed by atoms with van der Waals surface area (Å²) in [6.45, 7) is 3.70. The fourth-order valence-electron chi connectivity index (χ4n) is 3.09. The minimum atomic E-state index is -0.502. The SMILES string of the molecule is COCCc1noc(C2CCN(C(=O)[C@H](C)Oc3ccccc3)CC2)n1. The molecule has 26 heavy (non-hydrogen) atoms. The lowest BCUT2D eigenvalue weighted by Crippen LogP contribution is -2.44. The first-order valence-electron chi connectivity index (χ1n) is 8.99. The first-order valence-corrected chi connectivity index (χ1v) is 8.99. The van der Waals surface area contributed by atoms with Crippen LogP contribution in [0.3, 0.4) is 0 Å². The summed E-state index contributed by atoms with van der Waals surface area (Å²) < 4.78 is 16.1. The van der Waals surface area contributed by atoms with E-state index < -0.39 is 6.10 Å². The van der Waals surface area contributed by atoms with Gasteiger partial charge in [-0.2, -0.15) is 4.98 Å². The molecule has 0 saturated carbocycles. The minimum absolute atomic E-state index is 0.0126. The highest BCUT2D eigenvalue weighted by Crippen LogP contribution is 2.27. The van der Waals surface area contributed by atoms with E-state index in [0.29, 0.717) is 43.6 Å². The van der Waals surface area contributed by atoms with Crippen LogP contribution in [0.1, 0.15) is 37.4 Å². The lowest BCUT2D eigenvalue weighted by Gasteiger charge is -2.32. The second-order valence-corrected chi connectivity index (χ2v) is 6.46. The second kappa shape index (κ2) is 8.80. The summed E-state index contributed by atoms with van der Waals surface area (Å²) >= 11 is 0. The molecular formula is C19H25N3O4. The maximum atomic E-state index is 12.6. The van der Waals surface area contributed by atoms with Gasteiger partial charge in [0, 0.05) is 32.5 Å². The molecule has 1 fully saturated rings. The van der Waals surface area contributed by atoms with Crippen LogP contribution in [-0.2, 0) is 16.0 Å². The van der Waals surface area contributed by atoms with Crippen molar-refractivity contribution in [2.24, 2.45) is 0 Å². The summed E-state index contributed by atoms with van der Waals surface area (Å²) in [6, 6.07) is 9.41. The van der Waals surface area contributed by atoms with E-state index in [1.807, 2.05) is 35.2 Å². The molecule has 140 valence electrons. The quantitative estimate of drug-likeness (QED) is 0.756. The zero-order valence-electron chi connectivity index (χ0n) is 15.3. The molecule has 1 atom stereocenters. The highest BCUT2D eigenvalue weighted by molar-refractivity contribution is 5.81. The molecule has 3 rings (SSSR count). The number of likely N-dealkylation sites (tertiary alicyclic amines) is 1. The van der Waals surface area contributed by atoms with Crippen LogP contribution in [0, 0.1) is 0 Å². The number of amides is 1. The molecule has 0 radical (unpaired) electrons. The van der Waals surface area contributed by atoms with Crippen molar-refractivity contribution in [2.75, 3.05) is 26.8 Å². The van der Waals surface area contributed by atoms with E-state index in [-0.39, 0.29) is 11.8 Å². The van der Waals surface area contributed by atoms with Crippen LogP contribution >= 0.6 is 0 Å². The Morgan fingerprint density at radius 1 is 1.31 bits per heavy atom. The van der Waals surface area contributed by atoms with E-state index in [2.05, 4.69) is 10.1 Å². The Kier molecular flexibility index (Phi) is 6.22. The van der Waals surface area contributed by atoms with Crippen molar-refractivity contribution >= 4 is 5.91 Å². The number of aromatic nitrogens is 2. The third kappa shape index (κ3) is 4.60. The maximum absolute atomic E-state index is 12.6. The zero-order valence-corrected chi connectivity index (χ0v) is 15.3. The number of benzene rings is 1. The average molecular weight is 359 g/mol. The van der Waals surface area contributed by atoms with E-state index in [0.717, 1.165) is 12.8 Å². The van der Waals surface area contributed by atoms with Crippen molar-refractivity contribution in [1.82, 2.24) is 15.0 Å². The van der Waals surface area contributed by atoms with E-state index >= 15 is 0 Å². The van der Waals surface area contributed by atoms with Gasteiger partial charge in [0.2, 0.25) is 5.89 Å². The van der Waals surface area contributed by atoms with Crippen molar-refractivity contribution < 1.29 is 18.8 Å². The monoisotopic (exact) mass is 359 g/mol. The summed E-state index contributed by atoms with van der Waals surface area (Å²) in [7, 11) is 1.65. The van der Waals surface area contributed by atoms with Crippen molar-refractivity contribution in [3.63, 3.8) is 0 Å². The van der Waals surface area contributed by atoms with Gasteiger partial charge in [-0.1, -0.05) is 23.4 Å². The number of carbonyl (C=O) groups excluding carboxylic acids is 1. The molecule has 0 spiro atoms. The smallest absolute Gasteiger partial charge is 0.263 e. The summed E-state index contributed by atoms with van der Waals surface area (Å²) in [4.78, 5) is 18.9. The molecule has 0 aliphatic carbocycles. The van der Waals surface area contributed by atoms with Crippen LogP contribution in [0.2, 0.25) is 0 Å². The fourth-order valence-corrected chi connectivity index (χ4v) is 3.09. The molecule has 2 aromatic rings. The minimum Gasteiger partial charge on any atom is -0.481 e. The summed E-state index contributed by atoms with van der Waals surface area (Å²) in [6.07, 6.45) is 1.77. The van der Waals surface area contributed by atoms with E-state index in [4.69, 9.17) is 14.0 Å². The predicted octanol–water partition coefficient (Wildman–Crippen LogP) is 2.43. The standard InChI is InChI=1S/C19H25N3O4/c1-14(25-16-6-4-3-5-7-16)19(23)22-11-8-15(9-12-22)18-20-17(21-26-18)10-13-24-2/h3-7,14-15H,8-13H2,1-2H3/t14-/m0/s1. The zero-order chi connectivity index (χ0) is 18.4. The molecule has 1 amide bonds. The largest absolute Gasteiger partial charge is 0.481 e. The Bertz CT molecular complexity index is 696. The lowest BCUT2D eigenvalue weighted by atomic mass is 9.96.